The molecular weight excluding hydrogens is 568 g/mol. The van der Waals surface area contributed by atoms with Crippen LogP contribution in [0.1, 0.15) is 0 Å². The summed E-state index contributed by atoms with van der Waals surface area (Å²) in [4.78, 5) is 18.7. The van der Waals surface area contributed by atoms with Crippen molar-refractivity contribution in [2.24, 2.45) is 0 Å². The van der Waals surface area contributed by atoms with Crippen LogP contribution in [0.3, 0.4) is 0 Å². The molecule has 17 heteroatoms. The maximum absolute atomic E-state index is 12.8. The van der Waals surface area contributed by atoms with Crippen LogP contribution in [0, 0.1) is 43.5 Å². The molecule has 2 N–H and O–H groups in total. The van der Waals surface area contributed by atoms with Crippen molar-refractivity contribution in [3.05, 3.63) is 76.7 Å². The predicted octanol–water partition coefficient (Wildman–Crippen LogP) is 4.62. The zero-order valence-electron chi connectivity index (χ0n) is 13.2. The molecule has 10 nitrogen and oxygen atoms in total. The van der Waals surface area contributed by atoms with Gasteiger partial charge in [-0.25, -0.2) is 17.6 Å². The molecular formula is C12H6Br2F4N2O8S. The van der Waals surface area contributed by atoms with Crippen LogP contribution < -0.4 is 0 Å². The minimum absolute atomic E-state index is 0.114. The molecule has 160 valence electrons. The number of non-ortho nitro benzene ring substituents is 1. The van der Waals surface area contributed by atoms with Crippen LogP contribution in [0.5, 0.6) is 0 Å². The second-order valence-electron chi connectivity index (χ2n) is 4.38. The third kappa shape index (κ3) is 9.70. The molecule has 0 radical (unpaired) electrons. The van der Waals surface area contributed by atoms with Crippen molar-refractivity contribution in [3.8, 4) is 0 Å². The summed E-state index contributed by atoms with van der Waals surface area (Å²) in [5.41, 5.74) is -0.977. The Hall–Kier alpha value is -2.21. The molecule has 0 fully saturated rings. The van der Waals surface area contributed by atoms with Gasteiger partial charge in [0.2, 0.25) is 0 Å². The Morgan fingerprint density at radius 1 is 0.828 bits per heavy atom. The first-order valence-corrected chi connectivity index (χ1v) is 9.31. The molecule has 0 unspecified atom stereocenters. The monoisotopic (exact) mass is 572 g/mol. The van der Waals surface area contributed by atoms with Gasteiger partial charge in [-0.3, -0.25) is 29.3 Å². The first-order chi connectivity index (χ1) is 13.1. The Balaban J connectivity index is 0.000000445. The van der Waals surface area contributed by atoms with E-state index in [9.17, 15) is 37.8 Å². The maximum atomic E-state index is 12.8. The smallest absolute Gasteiger partial charge is 0.264 e. The molecule has 0 heterocycles. The molecule has 2 aromatic carbocycles. The van der Waals surface area contributed by atoms with Crippen molar-refractivity contribution in [2.45, 2.75) is 0 Å². The summed E-state index contributed by atoms with van der Waals surface area (Å²) in [7, 11) is -4.67. The van der Waals surface area contributed by atoms with Crippen LogP contribution in [0.25, 0.3) is 0 Å². The number of nitro groups is 2. The molecule has 0 amide bonds. The summed E-state index contributed by atoms with van der Waals surface area (Å²) in [6.07, 6.45) is 0. The van der Waals surface area contributed by atoms with Crippen molar-refractivity contribution in [3.63, 3.8) is 0 Å². The molecule has 2 aromatic rings. The third-order valence-electron chi connectivity index (χ3n) is 2.39. The third-order valence-corrected chi connectivity index (χ3v) is 4.47. The first kappa shape index (κ1) is 26.8. The Kier molecular flexibility index (Phi) is 10.3. The van der Waals surface area contributed by atoms with Gasteiger partial charge in [0, 0.05) is 6.07 Å². The zero-order valence-corrected chi connectivity index (χ0v) is 17.2. The van der Waals surface area contributed by atoms with Gasteiger partial charge < -0.3 is 0 Å². The molecule has 0 saturated heterocycles. The van der Waals surface area contributed by atoms with Crippen LogP contribution in [-0.4, -0.2) is 27.4 Å². The summed E-state index contributed by atoms with van der Waals surface area (Å²) >= 11 is 5.45. The minimum atomic E-state index is -4.67. The average Bonchev–Trinajstić information content (AvgIpc) is 2.57. The van der Waals surface area contributed by atoms with Crippen LogP contribution in [0.15, 0.2) is 33.2 Å². The van der Waals surface area contributed by atoms with E-state index in [-0.39, 0.29) is 8.95 Å². The molecule has 0 saturated carbocycles. The average molecular weight is 574 g/mol. The maximum Gasteiger partial charge on any atom is 0.394 e. The van der Waals surface area contributed by atoms with Gasteiger partial charge in [0.1, 0.15) is 4.47 Å². The SMILES string of the molecule is O=S(=O)(O)O.O=[N+]([O-])c1cc(F)c(F)c(Br)c1Br.O=[N+]([O-])c1ccc(F)c(F)c1. The van der Waals surface area contributed by atoms with E-state index in [1.54, 1.807) is 0 Å². The van der Waals surface area contributed by atoms with E-state index >= 15 is 0 Å². The lowest BCUT2D eigenvalue weighted by Crippen LogP contribution is -1.95. The van der Waals surface area contributed by atoms with E-state index in [2.05, 4.69) is 31.9 Å². The Morgan fingerprint density at radius 2 is 1.31 bits per heavy atom. The molecule has 0 aliphatic rings. The van der Waals surface area contributed by atoms with Crippen molar-refractivity contribution >= 4 is 53.6 Å². The number of hydrogen-bond donors (Lipinski definition) is 2. The molecule has 0 bridgehead atoms. The highest BCUT2D eigenvalue weighted by Gasteiger charge is 2.21. The van der Waals surface area contributed by atoms with Gasteiger partial charge >= 0.3 is 10.4 Å². The normalized spacial score (nSPS) is 10.2. The van der Waals surface area contributed by atoms with Crippen molar-refractivity contribution in [1.82, 2.24) is 0 Å². The molecule has 0 aliphatic heterocycles. The summed E-state index contributed by atoms with van der Waals surface area (Å²) in [5.74, 6) is -4.71. The Bertz CT molecular complexity index is 1030. The first-order valence-electron chi connectivity index (χ1n) is 6.33. The number of benzene rings is 2. The fraction of sp³-hybridized carbons (Fsp3) is 0. The van der Waals surface area contributed by atoms with Gasteiger partial charge in [-0.2, -0.15) is 8.42 Å². The second-order valence-corrected chi connectivity index (χ2v) is 6.86. The fourth-order valence-corrected chi connectivity index (χ4v) is 2.12. The standard InChI is InChI=1S/C6HBr2F2NO2.C6H3F2NO2.H2O4S/c7-4-3(11(12)13)1-2(9)6(10)5(4)8;7-5-2-1-4(9(10)11)3-6(5)8;1-5(2,3)4/h1H;1-3H;(H2,1,2,3,4). The highest BCUT2D eigenvalue weighted by atomic mass is 79.9. The largest absolute Gasteiger partial charge is 0.394 e. The van der Waals surface area contributed by atoms with Gasteiger partial charge in [0.05, 0.1) is 26.5 Å². The lowest BCUT2D eigenvalue weighted by atomic mass is 10.3. The van der Waals surface area contributed by atoms with E-state index in [1.165, 1.54) is 0 Å². The lowest BCUT2D eigenvalue weighted by Gasteiger charge is -2.00. The number of halogens is 6. The zero-order chi connectivity index (χ0) is 23.1. The van der Waals surface area contributed by atoms with E-state index in [1.807, 2.05) is 0 Å². The van der Waals surface area contributed by atoms with Crippen molar-refractivity contribution in [1.29, 1.82) is 0 Å². The highest BCUT2D eigenvalue weighted by molar-refractivity contribution is 9.13. The van der Waals surface area contributed by atoms with Gasteiger partial charge in [-0.15, -0.1) is 0 Å². The highest BCUT2D eigenvalue weighted by Crippen LogP contribution is 2.35. The van der Waals surface area contributed by atoms with Gasteiger partial charge in [-0.05, 0) is 37.9 Å². The summed E-state index contributed by atoms with van der Waals surface area (Å²) < 4.78 is 81.0. The van der Waals surface area contributed by atoms with Crippen molar-refractivity contribution < 1.29 is 44.9 Å². The van der Waals surface area contributed by atoms with E-state index < -0.39 is 54.9 Å². The minimum Gasteiger partial charge on any atom is -0.264 e. The van der Waals surface area contributed by atoms with E-state index in [4.69, 9.17) is 17.5 Å². The second kappa shape index (κ2) is 11.1. The molecule has 0 atom stereocenters. The lowest BCUT2D eigenvalue weighted by molar-refractivity contribution is -0.386. The molecule has 2 rings (SSSR count). The predicted molar refractivity (Wildman–Crippen MR) is 95.6 cm³/mol. The van der Waals surface area contributed by atoms with E-state index in [0.717, 1.165) is 6.07 Å². The number of nitrogens with zero attached hydrogens (tertiary/aromatic N) is 2. The van der Waals surface area contributed by atoms with Gasteiger partial charge in [0.15, 0.2) is 23.3 Å². The van der Waals surface area contributed by atoms with Gasteiger partial charge in [0.25, 0.3) is 11.4 Å². The van der Waals surface area contributed by atoms with Crippen LogP contribution in [0.4, 0.5) is 28.9 Å². The Morgan fingerprint density at radius 3 is 1.69 bits per heavy atom. The summed E-state index contributed by atoms with van der Waals surface area (Å²) in [6.45, 7) is 0. The molecule has 0 aliphatic carbocycles. The van der Waals surface area contributed by atoms with E-state index in [0.29, 0.717) is 18.2 Å². The molecule has 29 heavy (non-hydrogen) atoms. The van der Waals surface area contributed by atoms with Crippen LogP contribution >= 0.6 is 31.9 Å². The molecule has 0 spiro atoms. The van der Waals surface area contributed by atoms with Gasteiger partial charge in [-0.1, -0.05) is 0 Å². The van der Waals surface area contributed by atoms with Crippen LogP contribution in [0.2, 0.25) is 0 Å². The number of hydrogen-bond acceptors (Lipinski definition) is 6. The quantitative estimate of drug-likeness (QED) is 0.131. The Labute approximate surface area is 175 Å². The van der Waals surface area contributed by atoms with Crippen LogP contribution in [-0.2, 0) is 10.4 Å². The number of rotatable bonds is 2. The fourth-order valence-electron chi connectivity index (χ4n) is 1.29. The topological polar surface area (TPSA) is 161 Å². The summed E-state index contributed by atoms with van der Waals surface area (Å²) in [5, 5.41) is 20.3. The number of nitro benzene ring substituents is 2. The van der Waals surface area contributed by atoms with Crippen molar-refractivity contribution in [2.75, 3.05) is 0 Å². The molecule has 0 aromatic heterocycles. The summed E-state index contributed by atoms with van der Waals surface area (Å²) in [6, 6.07) is 2.67.